The average molecular weight is 297 g/mol. The minimum absolute atomic E-state index is 0.627. The smallest absolute Gasteiger partial charge is 0.0195 e. The van der Waals surface area contributed by atoms with Gasteiger partial charge in [-0.2, -0.15) is 0 Å². The SMILES string of the molecule is CCNCC1CCCC(CC(C)NCC2CCCNC2)N1. The van der Waals surface area contributed by atoms with Crippen LogP contribution < -0.4 is 21.3 Å². The van der Waals surface area contributed by atoms with E-state index >= 15 is 0 Å². The Kier molecular flexibility index (Phi) is 8.01. The Labute approximate surface area is 131 Å². The first-order valence-corrected chi connectivity index (χ1v) is 9.18. The van der Waals surface area contributed by atoms with Crippen LogP contribution in [-0.2, 0) is 0 Å². The molecule has 2 aliphatic rings. The molecule has 0 saturated carbocycles. The largest absolute Gasteiger partial charge is 0.316 e. The minimum atomic E-state index is 0.627. The van der Waals surface area contributed by atoms with E-state index in [9.17, 15) is 0 Å². The second kappa shape index (κ2) is 9.78. The van der Waals surface area contributed by atoms with Crippen LogP contribution in [0.1, 0.15) is 52.4 Å². The van der Waals surface area contributed by atoms with Crippen molar-refractivity contribution in [3.8, 4) is 0 Å². The van der Waals surface area contributed by atoms with E-state index in [0.717, 1.165) is 19.0 Å². The molecule has 4 heteroatoms. The average Bonchev–Trinajstić information content (AvgIpc) is 2.52. The fourth-order valence-corrected chi connectivity index (χ4v) is 3.75. The molecule has 2 aliphatic heterocycles. The first-order chi connectivity index (χ1) is 10.3. The highest BCUT2D eigenvalue weighted by Crippen LogP contribution is 2.16. The molecule has 2 rings (SSSR count). The maximum absolute atomic E-state index is 3.84. The summed E-state index contributed by atoms with van der Waals surface area (Å²) in [5, 5.41) is 14.6. The minimum Gasteiger partial charge on any atom is -0.316 e. The summed E-state index contributed by atoms with van der Waals surface area (Å²) in [5.41, 5.74) is 0. The predicted molar refractivity (Wildman–Crippen MR) is 90.8 cm³/mol. The second-order valence-corrected chi connectivity index (χ2v) is 7.06. The maximum Gasteiger partial charge on any atom is 0.0195 e. The Balaban J connectivity index is 1.60. The van der Waals surface area contributed by atoms with Gasteiger partial charge in [0.25, 0.3) is 0 Å². The highest BCUT2D eigenvalue weighted by Gasteiger charge is 2.22. The van der Waals surface area contributed by atoms with Crippen LogP contribution in [0.4, 0.5) is 0 Å². The van der Waals surface area contributed by atoms with Crippen molar-refractivity contribution in [1.29, 1.82) is 0 Å². The van der Waals surface area contributed by atoms with Crippen molar-refractivity contribution in [1.82, 2.24) is 21.3 Å². The van der Waals surface area contributed by atoms with Gasteiger partial charge in [-0.25, -0.2) is 0 Å². The fourth-order valence-electron chi connectivity index (χ4n) is 3.75. The van der Waals surface area contributed by atoms with Gasteiger partial charge in [0.15, 0.2) is 0 Å². The predicted octanol–water partition coefficient (Wildman–Crippen LogP) is 1.47. The van der Waals surface area contributed by atoms with Crippen molar-refractivity contribution in [3.63, 3.8) is 0 Å². The number of piperidine rings is 2. The molecule has 4 atom stereocenters. The fraction of sp³-hybridized carbons (Fsp3) is 1.00. The molecule has 2 heterocycles. The van der Waals surface area contributed by atoms with Crippen LogP contribution in [0.5, 0.6) is 0 Å². The summed E-state index contributed by atoms with van der Waals surface area (Å²) < 4.78 is 0. The topological polar surface area (TPSA) is 48.1 Å². The van der Waals surface area contributed by atoms with Gasteiger partial charge >= 0.3 is 0 Å². The summed E-state index contributed by atoms with van der Waals surface area (Å²) in [6, 6.07) is 2.01. The Morgan fingerprint density at radius 2 is 1.95 bits per heavy atom. The van der Waals surface area contributed by atoms with Crippen molar-refractivity contribution in [2.75, 3.05) is 32.7 Å². The van der Waals surface area contributed by atoms with Gasteiger partial charge in [0.05, 0.1) is 0 Å². The molecule has 4 unspecified atom stereocenters. The van der Waals surface area contributed by atoms with Gasteiger partial charge in [0.1, 0.15) is 0 Å². The monoisotopic (exact) mass is 296 g/mol. The molecule has 4 nitrogen and oxygen atoms in total. The summed E-state index contributed by atoms with van der Waals surface area (Å²) in [6.07, 6.45) is 8.06. The lowest BCUT2D eigenvalue weighted by Gasteiger charge is -2.33. The molecule has 124 valence electrons. The van der Waals surface area contributed by atoms with Crippen LogP contribution in [0.25, 0.3) is 0 Å². The molecule has 0 aliphatic carbocycles. The molecule has 0 spiro atoms. The molecule has 0 aromatic rings. The second-order valence-electron chi connectivity index (χ2n) is 7.06. The van der Waals surface area contributed by atoms with Gasteiger partial charge in [0, 0.05) is 24.7 Å². The third-order valence-corrected chi connectivity index (χ3v) is 5.01. The van der Waals surface area contributed by atoms with Crippen molar-refractivity contribution in [2.24, 2.45) is 5.92 Å². The molecule has 2 fully saturated rings. The number of hydrogen-bond donors (Lipinski definition) is 4. The molecule has 2 saturated heterocycles. The zero-order valence-corrected chi connectivity index (χ0v) is 14.1. The van der Waals surface area contributed by atoms with Crippen LogP contribution in [-0.4, -0.2) is 50.8 Å². The lowest BCUT2D eigenvalue weighted by Crippen LogP contribution is -2.49. The third-order valence-electron chi connectivity index (χ3n) is 5.01. The van der Waals surface area contributed by atoms with Crippen molar-refractivity contribution in [2.45, 2.75) is 70.5 Å². The summed E-state index contributed by atoms with van der Waals surface area (Å²) >= 11 is 0. The molecule has 0 aromatic heterocycles. The molecule has 21 heavy (non-hydrogen) atoms. The van der Waals surface area contributed by atoms with Crippen molar-refractivity contribution >= 4 is 0 Å². The zero-order chi connectivity index (χ0) is 14.9. The van der Waals surface area contributed by atoms with E-state index in [-0.39, 0.29) is 0 Å². The van der Waals surface area contributed by atoms with E-state index in [4.69, 9.17) is 0 Å². The van der Waals surface area contributed by atoms with E-state index in [1.54, 1.807) is 0 Å². The standard InChI is InChI=1S/C17H36N4/c1-3-18-13-17-8-4-7-16(21-17)10-14(2)20-12-15-6-5-9-19-11-15/h14-21H,3-13H2,1-2H3. The van der Waals surface area contributed by atoms with Crippen molar-refractivity contribution < 1.29 is 0 Å². The van der Waals surface area contributed by atoms with Crippen LogP contribution in [0.2, 0.25) is 0 Å². The summed E-state index contributed by atoms with van der Waals surface area (Å²) in [4.78, 5) is 0. The quantitative estimate of drug-likeness (QED) is 0.548. The number of hydrogen-bond acceptors (Lipinski definition) is 4. The Morgan fingerprint density at radius 3 is 2.71 bits per heavy atom. The number of likely N-dealkylation sites (N-methyl/N-ethyl adjacent to an activating group) is 1. The van der Waals surface area contributed by atoms with E-state index in [1.165, 1.54) is 58.2 Å². The van der Waals surface area contributed by atoms with Crippen LogP contribution in [0.15, 0.2) is 0 Å². The normalized spacial score (nSPS) is 32.0. The van der Waals surface area contributed by atoms with E-state index in [1.807, 2.05) is 0 Å². The third kappa shape index (κ3) is 6.64. The van der Waals surface area contributed by atoms with E-state index in [0.29, 0.717) is 18.1 Å². The highest BCUT2D eigenvalue weighted by molar-refractivity contribution is 4.84. The molecule has 0 bridgehead atoms. The highest BCUT2D eigenvalue weighted by atomic mass is 15.0. The van der Waals surface area contributed by atoms with Gasteiger partial charge in [-0.05, 0) is 71.1 Å². The molecule has 4 N–H and O–H groups in total. The summed E-state index contributed by atoms with van der Waals surface area (Å²) in [5.74, 6) is 0.835. The van der Waals surface area contributed by atoms with Gasteiger partial charge in [0.2, 0.25) is 0 Å². The molecular weight excluding hydrogens is 260 g/mol. The Morgan fingerprint density at radius 1 is 1.10 bits per heavy atom. The van der Waals surface area contributed by atoms with Crippen LogP contribution in [0, 0.1) is 5.92 Å². The van der Waals surface area contributed by atoms with Gasteiger partial charge in [-0.3, -0.25) is 0 Å². The van der Waals surface area contributed by atoms with E-state index < -0.39 is 0 Å². The Bertz CT molecular complexity index is 266. The number of nitrogens with one attached hydrogen (secondary N) is 4. The maximum atomic E-state index is 3.84. The summed E-state index contributed by atoms with van der Waals surface area (Å²) in [7, 11) is 0. The van der Waals surface area contributed by atoms with Gasteiger partial charge < -0.3 is 21.3 Å². The summed E-state index contributed by atoms with van der Waals surface area (Å²) in [6.45, 7) is 10.3. The van der Waals surface area contributed by atoms with Crippen LogP contribution >= 0.6 is 0 Å². The molecule has 0 radical (unpaired) electrons. The lowest BCUT2D eigenvalue weighted by atomic mass is 9.93. The van der Waals surface area contributed by atoms with Gasteiger partial charge in [-0.1, -0.05) is 13.3 Å². The first-order valence-electron chi connectivity index (χ1n) is 9.18. The first kappa shape index (κ1) is 17.2. The molecular formula is C17H36N4. The van der Waals surface area contributed by atoms with E-state index in [2.05, 4.69) is 35.1 Å². The molecule has 0 aromatic carbocycles. The van der Waals surface area contributed by atoms with Gasteiger partial charge in [-0.15, -0.1) is 0 Å². The van der Waals surface area contributed by atoms with Crippen LogP contribution in [0.3, 0.4) is 0 Å². The Hall–Kier alpha value is -0.160. The lowest BCUT2D eigenvalue weighted by molar-refractivity contribution is 0.274. The van der Waals surface area contributed by atoms with Crippen molar-refractivity contribution in [3.05, 3.63) is 0 Å². The molecule has 0 amide bonds. The zero-order valence-electron chi connectivity index (χ0n) is 14.1. The number of rotatable bonds is 8.